The maximum atomic E-state index is 14.4. The number of carbonyl (C=O) groups is 1. The van der Waals surface area contributed by atoms with E-state index in [0.29, 0.717) is 5.69 Å². The van der Waals surface area contributed by atoms with Gasteiger partial charge in [-0.1, -0.05) is 0 Å². The molecule has 0 fully saturated rings. The summed E-state index contributed by atoms with van der Waals surface area (Å²) in [5.41, 5.74) is -0.203. The van der Waals surface area contributed by atoms with Crippen LogP contribution in [-0.2, 0) is 0 Å². The van der Waals surface area contributed by atoms with Crippen molar-refractivity contribution in [3.63, 3.8) is 0 Å². The Morgan fingerprint density at radius 2 is 1.85 bits per heavy atom. The average Bonchev–Trinajstić information content (AvgIpc) is 2.62. The number of carbonyl (C=O) groups excluding carboxylic acids is 1. The van der Waals surface area contributed by atoms with Gasteiger partial charge in [-0.15, -0.1) is 0 Å². The topological polar surface area (TPSA) is 31.2 Å². The van der Waals surface area contributed by atoms with Crippen LogP contribution in [0.15, 0.2) is 12.1 Å². The van der Waals surface area contributed by atoms with Crippen molar-refractivity contribution in [3.05, 3.63) is 29.5 Å². The molecule has 0 saturated heterocycles. The number of hydrogen-bond acceptors (Lipinski definition) is 2. The van der Waals surface area contributed by atoms with Crippen LogP contribution in [0.3, 0.4) is 0 Å². The van der Waals surface area contributed by atoms with Crippen molar-refractivity contribution >= 4 is 16.8 Å². The summed E-state index contributed by atoms with van der Waals surface area (Å²) in [5.74, 6) is -1.84. The van der Waals surface area contributed by atoms with E-state index in [2.05, 4.69) is 0 Å². The minimum Gasteiger partial charge on any atom is -0.485 e. The third-order valence-electron chi connectivity index (χ3n) is 2.85. The molecule has 0 aliphatic heterocycles. The van der Waals surface area contributed by atoms with Crippen LogP contribution in [0, 0.1) is 18.6 Å². The molecular weight excluding hydrogens is 264 g/mol. The standard InChI is InChI=1S/C15H17F2NO2/c1-8-6-10-13(17)12(20-15(3,4)5)7-11(16)14(10)18(8)9(2)19/h6-7H,1-5H3. The SMILES string of the molecule is CC(=O)n1c(C)cc2c(F)c(OC(C)(C)C)cc(F)c21. The first-order valence-electron chi connectivity index (χ1n) is 6.32. The van der Waals surface area contributed by atoms with Crippen LogP contribution >= 0.6 is 0 Å². The monoisotopic (exact) mass is 281 g/mol. The van der Waals surface area contributed by atoms with Crippen LogP contribution in [0.25, 0.3) is 10.9 Å². The Balaban J connectivity index is 2.76. The number of hydrogen-bond donors (Lipinski definition) is 0. The second-order valence-electron chi connectivity index (χ2n) is 5.79. The Hall–Kier alpha value is -1.91. The van der Waals surface area contributed by atoms with E-state index in [1.54, 1.807) is 27.7 Å². The third-order valence-corrected chi connectivity index (χ3v) is 2.85. The van der Waals surface area contributed by atoms with Crippen LogP contribution < -0.4 is 4.74 Å². The minimum absolute atomic E-state index is 0.0474. The third kappa shape index (κ3) is 2.40. The van der Waals surface area contributed by atoms with E-state index in [0.717, 1.165) is 10.6 Å². The molecule has 1 heterocycles. The first-order valence-corrected chi connectivity index (χ1v) is 6.32. The molecular formula is C15H17F2NO2. The number of fused-ring (bicyclic) bond motifs is 1. The van der Waals surface area contributed by atoms with E-state index in [9.17, 15) is 13.6 Å². The van der Waals surface area contributed by atoms with E-state index in [1.165, 1.54) is 13.0 Å². The van der Waals surface area contributed by atoms with Crippen LogP contribution in [0.5, 0.6) is 5.75 Å². The molecule has 0 spiro atoms. The van der Waals surface area contributed by atoms with E-state index >= 15 is 0 Å². The van der Waals surface area contributed by atoms with E-state index < -0.39 is 17.2 Å². The molecule has 0 atom stereocenters. The molecule has 5 heteroatoms. The molecule has 0 unspecified atom stereocenters. The van der Waals surface area contributed by atoms with Crippen molar-refractivity contribution in [1.29, 1.82) is 0 Å². The van der Waals surface area contributed by atoms with Crippen molar-refractivity contribution in [1.82, 2.24) is 4.57 Å². The van der Waals surface area contributed by atoms with Gasteiger partial charge in [-0.3, -0.25) is 9.36 Å². The highest BCUT2D eigenvalue weighted by Gasteiger charge is 2.23. The first-order chi connectivity index (χ1) is 9.11. The lowest BCUT2D eigenvalue weighted by Gasteiger charge is -2.22. The zero-order valence-electron chi connectivity index (χ0n) is 12.2. The lowest BCUT2D eigenvalue weighted by Crippen LogP contribution is -2.23. The fourth-order valence-electron chi connectivity index (χ4n) is 2.23. The van der Waals surface area contributed by atoms with Crippen molar-refractivity contribution < 1.29 is 18.3 Å². The number of nitrogens with zero attached hydrogens (tertiary/aromatic N) is 1. The molecule has 1 aromatic heterocycles. The Bertz CT molecular complexity index is 696. The smallest absolute Gasteiger partial charge is 0.228 e. The average molecular weight is 281 g/mol. The largest absolute Gasteiger partial charge is 0.485 e. The molecule has 3 nitrogen and oxygen atoms in total. The van der Waals surface area contributed by atoms with Gasteiger partial charge >= 0.3 is 0 Å². The van der Waals surface area contributed by atoms with E-state index in [4.69, 9.17) is 4.74 Å². The van der Waals surface area contributed by atoms with E-state index in [-0.39, 0.29) is 22.6 Å². The molecule has 108 valence electrons. The molecule has 2 aromatic rings. The van der Waals surface area contributed by atoms with Gasteiger partial charge in [0.05, 0.1) is 5.52 Å². The summed E-state index contributed by atoms with van der Waals surface area (Å²) in [4.78, 5) is 11.6. The van der Waals surface area contributed by atoms with Gasteiger partial charge in [0.15, 0.2) is 17.4 Å². The van der Waals surface area contributed by atoms with Gasteiger partial charge < -0.3 is 4.74 Å². The van der Waals surface area contributed by atoms with Crippen molar-refractivity contribution in [3.8, 4) is 5.75 Å². The Morgan fingerprint density at radius 3 is 2.35 bits per heavy atom. The maximum absolute atomic E-state index is 14.4. The zero-order chi connectivity index (χ0) is 15.2. The summed E-state index contributed by atoms with van der Waals surface area (Å²) in [5, 5.41) is 0.0527. The Kier molecular flexibility index (Phi) is 3.32. The molecule has 1 aromatic carbocycles. The minimum atomic E-state index is -0.677. The fourth-order valence-corrected chi connectivity index (χ4v) is 2.23. The van der Waals surface area contributed by atoms with Gasteiger partial charge in [-0.25, -0.2) is 8.78 Å². The summed E-state index contributed by atoms with van der Waals surface area (Å²) in [7, 11) is 0. The fraction of sp³-hybridized carbons (Fsp3) is 0.400. The predicted octanol–water partition coefficient (Wildman–Crippen LogP) is 4.07. The normalized spacial score (nSPS) is 11.9. The molecule has 0 radical (unpaired) electrons. The number of aromatic nitrogens is 1. The van der Waals surface area contributed by atoms with Gasteiger partial charge in [-0.05, 0) is 33.8 Å². The van der Waals surface area contributed by atoms with Gasteiger partial charge in [0.2, 0.25) is 5.91 Å². The van der Waals surface area contributed by atoms with Gasteiger partial charge in [0.25, 0.3) is 0 Å². The molecule has 20 heavy (non-hydrogen) atoms. The highest BCUT2D eigenvalue weighted by Crippen LogP contribution is 2.33. The number of rotatable bonds is 1. The summed E-state index contributed by atoms with van der Waals surface area (Å²) < 4.78 is 35.2. The highest BCUT2D eigenvalue weighted by molar-refractivity contribution is 5.94. The molecule has 0 bridgehead atoms. The van der Waals surface area contributed by atoms with Gasteiger partial charge in [-0.2, -0.15) is 0 Å². The molecule has 0 amide bonds. The molecule has 0 saturated carbocycles. The van der Waals surface area contributed by atoms with E-state index in [1.807, 2.05) is 0 Å². The second-order valence-corrected chi connectivity index (χ2v) is 5.79. The lowest BCUT2D eigenvalue weighted by atomic mass is 10.1. The Labute approximate surface area is 116 Å². The van der Waals surface area contributed by atoms with Gasteiger partial charge in [0, 0.05) is 24.1 Å². The molecule has 0 N–H and O–H groups in total. The summed E-state index contributed by atoms with van der Waals surface area (Å²) in [6, 6.07) is 2.44. The summed E-state index contributed by atoms with van der Waals surface area (Å²) in [6.07, 6.45) is 0. The molecule has 0 aliphatic carbocycles. The first kappa shape index (κ1) is 14.5. The number of ether oxygens (including phenoxy) is 1. The van der Waals surface area contributed by atoms with Crippen molar-refractivity contribution in [2.24, 2.45) is 0 Å². The van der Waals surface area contributed by atoms with Crippen molar-refractivity contribution in [2.45, 2.75) is 40.2 Å². The molecule has 0 aliphatic rings. The van der Waals surface area contributed by atoms with Crippen molar-refractivity contribution in [2.75, 3.05) is 0 Å². The number of halogens is 2. The summed E-state index contributed by atoms with van der Waals surface area (Å²) in [6.45, 7) is 8.19. The predicted molar refractivity (Wildman–Crippen MR) is 73.3 cm³/mol. The molecule has 2 rings (SSSR count). The number of aryl methyl sites for hydroxylation is 1. The van der Waals surface area contributed by atoms with Crippen LogP contribution in [-0.4, -0.2) is 16.1 Å². The highest BCUT2D eigenvalue weighted by atomic mass is 19.1. The Morgan fingerprint density at radius 1 is 1.25 bits per heavy atom. The lowest BCUT2D eigenvalue weighted by molar-refractivity contribution is 0.0938. The quantitative estimate of drug-likeness (QED) is 0.789. The van der Waals surface area contributed by atoms with Crippen LogP contribution in [0.2, 0.25) is 0 Å². The summed E-state index contributed by atoms with van der Waals surface area (Å²) >= 11 is 0. The van der Waals surface area contributed by atoms with Crippen LogP contribution in [0.1, 0.15) is 38.2 Å². The maximum Gasteiger partial charge on any atom is 0.228 e. The van der Waals surface area contributed by atoms with Crippen LogP contribution in [0.4, 0.5) is 8.78 Å². The zero-order valence-corrected chi connectivity index (χ0v) is 12.2. The van der Waals surface area contributed by atoms with Gasteiger partial charge in [0.1, 0.15) is 5.60 Å². The second kappa shape index (κ2) is 4.58. The number of benzene rings is 1.